The Hall–Kier alpha value is -0.530. The van der Waals surface area contributed by atoms with E-state index in [1.807, 2.05) is 0 Å². The van der Waals surface area contributed by atoms with Gasteiger partial charge in [0, 0.05) is 12.0 Å². The molecule has 1 N–H and O–H groups in total. The Labute approximate surface area is 98.7 Å². The van der Waals surface area contributed by atoms with Gasteiger partial charge in [0.15, 0.2) is 0 Å². The largest absolute Gasteiger partial charge is 0.319 e. The standard InChI is InChI=1S/C13H19N.ClH/c1-14-11-13(9-5-6-10-13)12-7-3-2-4-8-12;/h2-4,7-8,14H,5-6,9-11H2,1H3;1H. The molecule has 0 spiro atoms. The van der Waals surface area contributed by atoms with Gasteiger partial charge in [-0.25, -0.2) is 0 Å². The summed E-state index contributed by atoms with van der Waals surface area (Å²) in [5.41, 5.74) is 1.95. The van der Waals surface area contributed by atoms with Crippen molar-refractivity contribution in [3.63, 3.8) is 0 Å². The lowest BCUT2D eigenvalue weighted by Gasteiger charge is -2.29. The minimum absolute atomic E-state index is 0. The zero-order valence-electron chi connectivity index (χ0n) is 9.33. The maximum atomic E-state index is 3.35. The molecule has 0 amide bonds. The third-order valence-corrected chi connectivity index (χ3v) is 3.46. The predicted molar refractivity (Wildman–Crippen MR) is 67.8 cm³/mol. The molecule has 84 valence electrons. The summed E-state index contributed by atoms with van der Waals surface area (Å²) < 4.78 is 0. The zero-order valence-corrected chi connectivity index (χ0v) is 10.1. The van der Waals surface area contributed by atoms with Gasteiger partial charge in [0.05, 0.1) is 0 Å². The quantitative estimate of drug-likeness (QED) is 0.834. The van der Waals surface area contributed by atoms with Crippen LogP contribution < -0.4 is 5.32 Å². The summed E-state index contributed by atoms with van der Waals surface area (Å²) in [6, 6.07) is 11.0. The highest BCUT2D eigenvalue weighted by Gasteiger charge is 2.34. The van der Waals surface area contributed by atoms with E-state index in [1.165, 1.54) is 31.2 Å². The minimum atomic E-state index is 0. The molecule has 1 aliphatic rings. The fraction of sp³-hybridized carbons (Fsp3) is 0.538. The van der Waals surface area contributed by atoms with Crippen molar-refractivity contribution in [2.45, 2.75) is 31.1 Å². The van der Waals surface area contributed by atoms with E-state index in [4.69, 9.17) is 0 Å². The van der Waals surface area contributed by atoms with E-state index < -0.39 is 0 Å². The molecular formula is C13H20ClN. The molecule has 2 heteroatoms. The highest BCUT2D eigenvalue weighted by atomic mass is 35.5. The Morgan fingerprint density at radius 1 is 1.13 bits per heavy atom. The predicted octanol–water partition coefficient (Wildman–Crippen LogP) is 3.14. The van der Waals surface area contributed by atoms with Crippen molar-refractivity contribution in [2.75, 3.05) is 13.6 Å². The van der Waals surface area contributed by atoms with E-state index in [0.29, 0.717) is 5.41 Å². The summed E-state index contributed by atoms with van der Waals surface area (Å²) >= 11 is 0. The van der Waals surface area contributed by atoms with E-state index in [-0.39, 0.29) is 12.4 Å². The Morgan fingerprint density at radius 2 is 1.73 bits per heavy atom. The summed E-state index contributed by atoms with van der Waals surface area (Å²) in [7, 11) is 2.06. The summed E-state index contributed by atoms with van der Waals surface area (Å²) in [5, 5.41) is 3.35. The van der Waals surface area contributed by atoms with Gasteiger partial charge in [-0.2, -0.15) is 0 Å². The van der Waals surface area contributed by atoms with Gasteiger partial charge >= 0.3 is 0 Å². The molecule has 0 atom stereocenters. The van der Waals surface area contributed by atoms with Crippen molar-refractivity contribution in [3.8, 4) is 0 Å². The highest BCUT2D eigenvalue weighted by Crippen LogP contribution is 2.40. The lowest BCUT2D eigenvalue weighted by atomic mass is 9.79. The molecule has 15 heavy (non-hydrogen) atoms. The maximum absolute atomic E-state index is 3.35. The first-order chi connectivity index (χ1) is 6.87. The van der Waals surface area contributed by atoms with Gasteiger partial charge in [-0.05, 0) is 25.5 Å². The van der Waals surface area contributed by atoms with Crippen LogP contribution in [-0.2, 0) is 5.41 Å². The molecule has 1 fully saturated rings. The van der Waals surface area contributed by atoms with Crippen molar-refractivity contribution in [1.29, 1.82) is 0 Å². The first kappa shape index (κ1) is 12.5. The number of rotatable bonds is 3. The fourth-order valence-corrected chi connectivity index (χ4v) is 2.75. The van der Waals surface area contributed by atoms with Crippen LogP contribution in [0.1, 0.15) is 31.2 Å². The topological polar surface area (TPSA) is 12.0 Å². The molecular weight excluding hydrogens is 206 g/mol. The summed E-state index contributed by atoms with van der Waals surface area (Å²) in [6.07, 6.45) is 5.46. The highest BCUT2D eigenvalue weighted by molar-refractivity contribution is 5.85. The smallest absolute Gasteiger partial charge is 0.00776 e. The molecule has 1 saturated carbocycles. The molecule has 0 unspecified atom stereocenters. The van der Waals surface area contributed by atoms with Crippen LogP contribution in [0, 0.1) is 0 Å². The number of halogens is 1. The molecule has 0 saturated heterocycles. The van der Waals surface area contributed by atoms with Crippen LogP contribution >= 0.6 is 12.4 Å². The van der Waals surface area contributed by atoms with Crippen molar-refractivity contribution in [3.05, 3.63) is 35.9 Å². The second kappa shape index (κ2) is 5.53. The Morgan fingerprint density at radius 3 is 2.27 bits per heavy atom. The number of hydrogen-bond acceptors (Lipinski definition) is 1. The Balaban J connectivity index is 0.00000112. The first-order valence-electron chi connectivity index (χ1n) is 5.57. The number of nitrogens with one attached hydrogen (secondary N) is 1. The summed E-state index contributed by atoms with van der Waals surface area (Å²) in [4.78, 5) is 0. The number of hydrogen-bond donors (Lipinski definition) is 1. The van der Waals surface area contributed by atoms with Gasteiger partial charge in [-0.15, -0.1) is 12.4 Å². The summed E-state index contributed by atoms with van der Waals surface area (Å²) in [5.74, 6) is 0. The average Bonchev–Trinajstić information content (AvgIpc) is 2.70. The lowest BCUT2D eigenvalue weighted by molar-refractivity contribution is 0.421. The van der Waals surface area contributed by atoms with Crippen LogP contribution in [-0.4, -0.2) is 13.6 Å². The van der Waals surface area contributed by atoms with Crippen LogP contribution in [0.3, 0.4) is 0 Å². The maximum Gasteiger partial charge on any atom is 0.00776 e. The normalized spacial score (nSPS) is 18.5. The average molecular weight is 226 g/mol. The van der Waals surface area contributed by atoms with E-state index >= 15 is 0 Å². The molecule has 0 radical (unpaired) electrons. The van der Waals surface area contributed by atoms with Gasteiger partial charge in [-0.1, -0.05) is 43.2 Å². The Kier molecular flexibility index (Phi) is 4.62. The van der Waals surface area contributed by atoms with Gasteiger partial charge in [0.2, 0.25) is 0 Å². The molecule has 1 nitrogen and oxygen atoms in total. The second-order valence-corrected chi connectivity index (χ2v) is 4.38. The monoisotopic (exact) mass is 225 g/mol. The zero-order chi connectivity index (χ0) is 9.86. The number of likely N-dealkylation sites (N-methyl/N-ethyl adjacent to an activating group) is 1. The third-order valence-electron chi connectivity index (χ3n) is 3.46. The molecule has 0 aromatic heterocycles. The van der Waals surface area contributed by atoms with E-state index in [1.54, 1.807) is 0 Å². The van der Waals surface area contributed by atoms with Gasteiger partial charge in [-0.3, -0.25) is 0 Å². The fourth-order valence-electron chi connectivity index (χ4n) is 2.75. The van der Waals surface area contributed by atoms with E-state index in [9.17, 15) is 0 Å². The van der Waals surface area contributed by atoms with Gasteiger partial charge in [0.1, 0.15) is 0 Å². The minimum Gasteiger partial charge on any atom is -0.319 e. The van der Waals surface area contributed by atoms with Crippen LogP contribution in [0.5, 0.6) is 0 Å². The van der Waals surface area contributed by atoms with Crippen LogP contribution in [0.4, 0.5) is 0 Å². The van der Waals surface area contributed by atoms with E-state index in [2.05, 4.69) is 42.7 Å². The van der Waals surface area contributed by atoms with Gasteiger partial charge in [0.25, 0.3) is 0 Å². The van der Waals surface area contributed by atoms with Crippen LogP contribution in [0.15, 0.2) is 30.3 Å². The SMILES string of the molecule is CNCC1(c2ccccc2)CCCC1.Cl. The third kappa shape index (κ3) is 2.53. The van der Waals surface area contributed by atoms with Gasteiger partial charge < -0.3 is 5.32 Å². The van der Waals surface area contributed by atoms with Crippen molar-refractivity contribution in [2.24, 2.45) is 0 Å². The van der Waals surface area contributed by atoms with Crippen molar-refractivity contribution < 1.29 is 0 Å². The second-order valence-electron chi connectivity index (χ2n) is 4.38. The Bertz CT molecular complexity index is 278. The van der Waals surface area contributed by atoms with Crippen LogP contribution in [0.2, 0.25) is 0 Å². The number of benzene rings is 1. The first-order valence-corrected chi connectivity index (χ1v) is 5.57. The molecule has 1 aliphatic carbocycles. The molecule has 1 aromatic rings. The molecule has 1 aromatic carbocycles. The van der Waals surface area contributed by atoms with Crippen molar-refractivity contribution in [1.82, 2.24) is 5.32 Å². The van der Waals surface area contributed by atoms with E-state index in [0.717, 1.165) is 6.54 Å². The molecule has 2 rings (SSSR count). The summed E-state index contributed by atoms with van der Waals surface area (Å²) in [6.45, 7) is 1.12. The van der Waals surface area contributed by atoms with Crippen LogP contribution in [0.25, 0.3) is 0 Å². The molecule has 0 heterocycles. The lowest BCUT2D eigenvalue weighted by Crippen LogP contribution is -2.34. The van der Waals surface area contributed by atoms with Crippen molar-refractivity contribution >= 4 is 12.4 Å². The molecule has 0 aliphatic heterocycles. The molecule has 0 bridgehead atoms.